The molecule has 3 aliphatic heterocycles. The van der Waals surface area contributed by atoms with Gasteiger partial charge in [-0.2, -0.15) is 0 Å². The summed E-state index contributed by atoms with van der Waals surface area (Å²) in [6.07, 6.45) is 6.29. The summed E-state index contributed by atoms with van der Waals surface area (Å²) < 4.78 is 6.40. The highest BCUT2D eigenvalue weighted by atomic mass is 16.3. The van der Waals surface area contributed by atoms with Gasteiger partial charge < -0.3 is 9.52 Å². The third kappa shape index (κ3) is 1.94. The zero-order valence-electron chi connectivity index (χ0n) is 14.7. The number of nitrogens with zero attached hydrogens (tertiary/aromatic N) is 1. The van der Waals surface area contributed by atoms with Crippen molar-refractivity contribution in [1.29, 1.82) is 0 Å². The van der Waals surface area contributed by atoms with Gasteiger partial charge in [0, 0.05) is 36.0 Å². The predicted octanol–water partition coefficient (Wildman–Crippen LogP) is 4.68. The summed E-state index contributed by atoms with van der Waals surface area (Å²) in [4.78, 5) is 2.77. The Bertz CT molecular complexity index is 794. The second kappa shape index (κ2) is 5.01. The molecule has 1 aliphatic carbocycles. The highest BCUT2D eigenvalue weighted by Crippen LogP contribution is 2.57. The molecule has 1 saturated carbocycles. The molecule has 24 heavy (non-hydrogen) atoms. The number of phenolic OH excluding ortho intramolecular Hbond substituents is 1. The van der Waals surface area contributed by atoms with E-state index in [9.17, 15) is 5.11 Å². The summed E-state index contributed by atoms with van der Waals surface area (Å²) in [5.74, 6) is 2.91. The molecule has 5 unspecified atom stereocenters. The van der Waals surface area contributed by atoms with Crippen LogP contribution in [-0.2, 0) is 6.42 Å². The Morgan fingerprint density at radius 1 is 1.38 bits per heavy atom. The van der Waals surface area contributed by atoms with Crippen LogP contribution < -0.4 is 0 Å². The molecule has 4 heterocycles. The SMILES string of the molecule is CCCC1(C)CC2CC3c4oc5ccc(O)cc5c4CCN(C2)C31. The third-order valence-electron chi connectivity index (χ3n) is 6.94. The largest absolute Gasteiger partial charge is 0.508 e. The van der Waals surface area contributed by atoms with Crippen LogP contribution in [0.4, 0.5) is 0 Å². The van der Waals surface area contributed by atoms with E-state index in [1.54, 1.807) is 6.07 Å². The lowest BCUT2D eigenvalue weighted by atomic mass is 9.57. The van der Waals surface area contributed by atoms with Crippen molar-refractivity contribution in [3.8, 4) is 5.75 Å². The topological polar surface area (TPSA) is 36.6 Å². The lowest BCUT2D eigenvalue weighted by Crippen LogP contribution is -2.60. The maximum atomic E-state index is 9.91. The summed E-state index contributed by atoms with van der Waals surface area (Å²) in [7, 11) is 0. The molecule has 6 rings (SSSR count). The van der Waals surface area contributed by atoms with E-state index in [2.05, 4.69) is 18.7 Å². The van der Waals surface area contributed by atoms with Gasteiger partial charge in [0.15, 0.2) is 0 Å². The fraction of sp³-hybridized carbons (Fsp3) is 0.619. The van der Waals surface area contributed by atoms with E-state index in [-0.39, 0.29) is 0 Å². The maximum absolute atomic E-state index is 9.91. The summed E-state index contributed by atoms with van der Waals surface area (Å²) in [6, 6.07) is 6.19. The quantitative estimate of drug-likeness (QED) is 0.871. The van der Waals surface area contributed by atoms with Crippen LogP contribution in [0.1, 0.15) is 56.8 Å². The molecule has 0 radical (unpaired) electrons. The van der Waals surface area contributed by atoms with E-state index in [1.807, 2.05) is 12.1 Å². The Balaban J connectivity index is 1.67. The van der Waals surface area contributed by atoms with E-state index in [0.717, 1.165) is 29.9 Å². The average Bonchev–Trinajstić information content (AvgIpc) is 2.84. The van der Waals surface area contributed by atoms with E-state index in [1.165, 1.54) is 43.6 Å². The molecule has 3 heteroatoms. The minimum atomic E-state index is 0.343. The summed E-state index contributed by atoms with van der Waals surface area (Å²) in [5, 5.41) is 11.0. The van der Waals surface area contributed by atoms with Gasteiger partial charge in [0.2, 0.25) is 0 Å². The Morgan fingerprint density at radius 3 is 3.08 bits per heavy atom. The Kier molecular flexibility index (Phi) is 3.10. The van der Waals surface area contributed by atoms with Crippen molar-refractivity contribution in [3.05, 3.63) is 29.5 Å². The molecule has 1 N–H and O–H groups in total. The zero-order valence-corrected chi connectivity index (χ0v) is 14.7. The number of hydrogen-bond donors (Lipinski definition) is 1. The molecule has 1 aromatic carbocycles. The lowest BCUT2D eigenvalue weighted by molar-refractivity contribution is -0.0731. The van der Waals surface area contributed by atoms with E-state index >= 15 is 0 Å². The van der Waals surface area contributed by atoms with Crippen molar-refractivity contribution in [3.63, 3.8) is 0 Å². The highest BCUT2D eigenvalue weighted by molar-refractivity contribution is 5.84. The third-order valence-corrected chi connectivity index (χ3v) is 6.94. The van der Waals surface area contributed by atoms with Gasteiger partial charge >= 0.3 is 0 Å². The molecule has 4 bridgehead atoms. The maximum Gasteiger partial charge on any atom is 0.134 e. The first kappa shape index (κ1) is 14.8. The van der Waals surface area contributed by atoms with Gasteiger partial charge in [-0.25, -0.2) is 0 Å². The first-order chi connectivity index (χ1) is 11.6. The number of rotatable bonds is 2. The average molecular weight is 325 g/mol. The Labute approximate surface area is 143 Å². The monoisotopic (exact) mass is 325 g/mol. The molecule has 128 valence electrons. The second-order valence-corrected chi connectivity index (χ2v) is 8.63. The smallest absolute Gasteiger partial charge is 0.134 e. The fourth-order valence-corrected chi connectivity index (χ4v) is 6.39. The van der Waals surface area contributed by atoms with Gasteiger partial charge in [-0.1, -0.05) is 20.3 Å². The van der Waals surface area contributed by atoms with E-state index < -0.39 is 0 Å². The van der Waals surface area contributed by atoms with Crippen molar-refractivity contribution < 1.29 is 9.52 Å². The van der Waals surface area contributed by atoms with Gasteiger partial charge in [-0.05, 0) is 55.2 Å². The zero-order chi connectivity index (χ0) is 16.5. The highest BCUT2D eigenvalue weighted by Gasteiger charge is 2.55. The number of phenols is 1. The number of aromatic hydroxyl groups is 1. The van der Waals surface area contributed by atoms with Crippen LogP contribution in [-0.4, -0.2) is 29.1 Å². The van der Waals surface area contributed by atoms with Gasteiger partial charge in [-0.15, -0.1) is 0 Å². The van der Waals surface area contributed by atoms with Gasteiger partial charge in [-0.3, -0.25) is 4.90 Å². The van der Waals surface area contributed by atoms with Gasteiger partial charge in [0.1, 0.15) is 17.1 Å². The summed E-state index contributed by atoms with van der Waals surface area (Å²) in [6.45, 7) is 7.25. The Morgan fingerprint density at radius 2 is 2.25 bits per heavy atom. The molecule has 3 fully saturated rings. The molecule has 0 spiro atoms. The number of furan rings is 1. The van der Waals surface area contributed by atoms with Crippen LogP contribution in [0.5, 0.6) is 5.75 Å². The minimum Gasteiger partial charge on any atom is -0.508 e. The predicted molar refractivity (Wildman–Crippen MR) is 95.4 cm³/mol. The minimum absolute atomic E-state index is 0.343. The second-order valence-electron chi connectivity index (χ2n) is 8.63. The van der Waals surface area contributed by atoms with Crippen LogP contribution in [0.2, 0.25) is 0 Å². The summed E-state index contributed by atoms with van der Waals surface area (Å²) >= 11 is 0. The van der Waals surface area contributed by atoms with Crippen molar-refractivity contribution in [1.82, 2.24) is 4.90 Å². The molecular weight excluding hydrogens is 298 g/mol. The van der Waals surface area contributed by atoms with Gasteiger partial charge in [0.05, 0.1) is 0 Å². The molecular formula is C21H27NO2. The number of hydrogen-bond acceptors (Lipinski definition) is 3. The molecule has 0 amide bonds. The first-order valence-corrected chi connectivity index (χ1v) is 9.57. The standard InChI is InChI=1S/C21H27NO2/c1-3-7-21(2)11-13-9-17-19-15(6-8-22(12-13)20(17)21)16-10-14(23)4-5-18(16)24-19/h4-5,10,13,17,20,23H,3,6-9,11-12H2,1-2H3. The van der Waals surface area contributed by atoms with Crippen molar-refractivity contribution >= 4 is 11.0 Å². The van der Waals surface area contributed by atoms with Crippen LogP contribution in [0, 0.1) is 11.3 Å². The van der Waals surface area contributed by atoms with Crippen LogP contribution in [0.15, 0.2) is 22.6 Å². The van der Waals surface area contributed by atoms with Crippen molar-refractivity contribution in [2.45, 2.75) is 57.9 Å². The normalized spacial score (nSPS) is 37.4. The molecule has 2 saturated heterocycles. The molecule has 3 nitrogen and oxygen atoms in total. The Hall–Kier alpha value is -1.48. The number of piperidine rings is 2. The van der Waals surface area contributed by atoms with Crippen LogP contribution in [0.25, 0.3) is 11.0 Å². The van der Waals surface area contributed by atoms with Crippen LogP contribution >= 0.6 is 0 Å². The molecule has 4 aliphatic rings. The van der Waals surface area contributed by atoms with E-state index in [4.69, 9.17) is 4.42 Å². The number of benzene rings is 1. The molecule has 1 aromatic heterocycles. The first-order valence-electron chi connectivity index (χ1n) is 9.57. The molecule has 5 atom stereocenters. The lowest BCUT2D eigenvalue weighted by Gasteiger charge is -2.58. The van der Waals surface area contributed by atoms with Gasteiger partial charge in [0.25, 0.3) is 0 Å². The fourth-order valence-electron chi connectivity index (χ4n) is 6.39. The summed E-state index contributed by atoms with van der Waals surface area (Å²) in [5.41, 5.74) is 2.73. The number of fused-ring (bicyclic) bond motifs is 4. The van der Waals surface area contributed by atoms with Crippen LogP contribution in [0.3, 0.4) is 0 Å². The molecule has 2 aromatic rings. The van der Waals surface area contributed by atoms with E-state index in [0.29, 0.717) is 23.1 Å². The van der Waals surface area contributed by atoms with Crippen molar-refractivity contribution in [2.24, 2.45) is 11.3 Å². The van der Waals surface area contributed by atoms with Crippen molar-refractivity contribution in [2.75, 3.05) is 13.1 Å².